The van der Waals surface area contributed by atoms with E-state index in [2.05, 4.69) is 5.32 Å². The molecule has 1 saturated heterocycles. The zero-order valence-electron chi connectivity index (χ0n) is 18.5. The Balaban J connectivity index is 1.55. The van der Waals surface area contributed by atoms with Crippen LogP contribution in [-0.4, -0.2) is 56.0 Å². The van der Waals surface area contributed by atoms with E-state index < -0.39 is 24.4 Å². The maximum absolute atomic E-state index is 12.7. The van der Waals surface area contributed by atoms with Crippen LogP contribution in [0.25, 0.3) is 0 Å². The molecule has 0 aliphatic carbocycles. The summed E-state index contributed by atoms with van der Waals surface area (Å²) in [5.41, 5.74) is 0.803. The Morgan fingerprint density at radius 3 is 2.44 bits per heavy atom. The number of hydrogen-bond acceptors (Lipinski definition) is 7. The van der Waals surface area contributed by atoms with Crippen molar-refractivity contribution in [1.29, 1.82) is 0 Å². The van der Waals surface area contributed by atoms with E-state index in [-0.39, 0.29) is 34.4 Å². The van der Waals surface area contributed by atoms with Gasteiger partial charge in [-0.1, -0.05) is 23.2 Å². The Bertz CT molecular complexity index is 1070. The summed E-state index contributed by atoms with van der Waals surface area (Å²) in [6.45, 7) is 3.21. The van der Waals surface area contributed by atoms with Gasteiger partial charge < -0.3 is 14.8 Å². The van der Waals surface area contributed by atoms with Crippen LogP contribution in [0.5, 0.6) is 0 Å². The number of nitrogens with one attached hydrogen (secondary N) is 1. The number of amides is 2. The Hall–Kier alpha value is -2.78. The maximum atomic E-state index is 12.7. The lowest BCUT2D eigenvalue weighted by molar-refractivity contribution is -0.121. The number of rotatable bonds is 11. The summed E-state index contributed by atoms with van der Waals surface area (Å²) in [5.74, 6) is -1.82. The quantitative estimate of drug-likeness (QED) is 0.214. The number of nitrogens with zero attached hydrogens (tertiary/aromatic N) is 1. The number of esters is 1. The molecule has 180 valence electrons. The molecule has 1 N–H and O–H groups in total. The molecule has 1 heterocycles. The summed E-state index contributed by atoms with van der Waals surface area (Å²) in [4.78, 5) is 50.7. The van der Waals surface area contributed by atoms with Crippen molar-refractivity contribution in [3.05, 3.63) is 63.6 Å². The zero-order valence-corrected chi connectivity index (χ0v) is 20.0. The number of benzene rings is 2. The zero-order chi connectivity index (χ0) is 24.7. The van der Waals surface area contributed by atoms with Crippen molar-refractivity contribution < 1.29 is 28.7 Å². The standard InChI is InChI=1S/C24H24Cl2N2O6/c1-2-33-11-3-10-27-20-13-22(30)28(23(20)31)17-7-4-15(5-8-17)24(32)34-14-21(29)16-6-9-18(25)19(26)12-16/h4-9,12,20,27H,2-3,10-11,13-14H2,1H3. The van der Waals surface area contributed by atoms with E-state index in [0.717, 1.165) is 11.3 Å². The lowest BCUT2D eigenvalue weighted by atomic mass is 10.1. The molecule has 1 aliphatic rings. The molecule has 0 saturated carbocycles. The second-order valence-corrected chi connectivity index (χ2v) is 8.32. The van der Waals surface area contributed by atoms with E-state index in [1.54, 1.807) is 0 Å². The molecule has 1 aliphatic heterocycles. The minimum Gasteiger partial charge on any atom is -0.454 e. The molecule has 2 aromatic carbocycles. The third-order valence-electron chi connectivity index (χ3n) is 5.14. The highest BCUT2D eigenvalue weighted by Gasteiger charge is 2.39. The van der Waals surface area contributed by atoms with Gasteiger partial charge in [0.2, 0.25) is 5.91 Å². The molecular weight excluding hydrogens is 483 g/mol. The van der Waals surface area contributed by atoms with Gasteiger partial charge >= 0.3 is 5.97 Å². The second-order valence-electron chi connectivity index (χ2n) is 7.50. The molecule has 2 aromatic rings. The van der Waals surface area contributed by atoms with Crippen LogP contribution in [0.15, 0.2) is 42.5 Å². The van der Waals surface area contributed by atoms with Gasteiger partial charge in [0, 0.05) is 18.8 Å². The number of hydrogen-bond donors (Lipinski definition) is 1. The third-order valence-corrected chi connectivity index (χ3v) is 5.88. The largest absolute Gasteiger partial charge is 0.454 e. The molecule has 2 amide bonds. The van der Waals surface area contributed by atoms with E-state index >= 15 is 0 Å². The highest BCUT2D eigenvalue weighted by Crippen LogP contribution is 2.24. The molecule has 34 heavy (non-hydrogen) atoms. The van der Waals surface area contributed by atoms with Crippen molar-refractivity contribution >= 4 is 52.5 Å². The SMILES string of the molecule is CCOCCCNC1CC(=O)N(c2ccc(C(=O)OCC(=O)c3ccc(Cl)c(Cl)c3)cc2)C1=O. The van der Waals surface area contributed by atoms with Gasteiger partial charge in [-0.05, 0) is 62.4 Å². The van der Waals surface area contributed by atoms with Crippen LogP contribution in [-0.2, 0) is 19.1 Å². The fourth-order valence-electron chi connectivity index (χ4n) is 3.37. The predicted octanol–water partition coefficient (Wildman–Crippen LogP) is 3.68. The fraction of sp³-hybridized carbons (Fsp3) is 0.333. The smallest absolute Gasteiger partial charge is 0.338 e. The Morgan fingerprint density at radius 2 is 1.76 bits per heavy atom. The van der Waals surface area contributed by atoms with E-state index in [9.17, 15) is 19.2 Å². The van der Waals surface area contributed by atoms with E-state index in [0.29, 0.717) is 30.5 Å². The maximum Gasteiger partial charge on any atom is 0.338 e. The van der Waals surface area contributed by atoms with Crippen LogP contribution >= 0.6 is 23.2 Å². The third kappa shape index (κ3) is 6.42. The number of ketones is 1. The van der Waals surface area contributed by atoms with Crippen LogP contribution in [0.1, 0.15) is 40.5 Å². The Kier molecular flexibility index (Phi) is 9.18. The first-order chi connectivity index (χ1) is 16.3. The van der Waals surface area contributed by atoms with Crippen LogP contribution in [0.2, 0.25) is 10.0 Å². The number of Topliss-reactive ketones (excluding diaryl/α,β-unsaturated/α-hetero) is 1. The molecule has 0 radical (unpaired) electrons. The number of carbonyl (C=O) groups is 4. The van der Waals surface area contributed by atoms with Crippen molar-refractivity contribution in [2.45, 2.75) is 25.8 Å². The monoisotopic (exact) mass is 506 g/mol. The number of ether oxygens (including phenoxy) is 2. The molecule has 1 fully saturated rings. The van der Waals surface area contributed by atoms with Gasteiger partial charge in [-0.15, -0.1) is 0 Å². The summed E-state index contributed by atoms with van der Waals surface area (Å²) in [5, 5.41) is 3.62. The molecule has 8 nitrogen and oxygen atoms in total. The van der Waals surface area contributed by atoms with Crippen LogP contribution < -0.4 is 10.2 Å². The van der Waals surface area contributed by atoms with Crippen molar-refractivity contribution in [3.63, 3.8) is 0 Å². The Labute approximate surface area is 207 Å². The number of anilines is 1. The minimum absolute atomic E-state index is 0.0636. The van der Waals surface area contributed by atoms with E-state index in [1.807, 2.05) is 6.92 Å². The minimum atomic E-state index is -0.715. The van der Waals surface area contributed by atoms with Crippen molar-refractivity contribution in [3.8, 4) is 0 Å². The van der Waals surface area contributed by atoms with Crippen molar-refractivity contribution in [1.82, 2.24) is 5.32 Å². The van der Waals surface area contributed by atoms with Crippen molar-refractivity contribution in [2.75, 3.05) is 31.3 Å². The summed E-state index contributed by atoms with van der Waals surface area (Å²) in [7, 11) is 0. The molecule has 1 unspecified atom stereocenters. The van der Waals surface area contributed by atoms with E-state index in [1.165, 1.54) is 42.5 Å². The second kappa shape index (κ2) is 12.1. The highest BCUT2D eigenvalue weighted by atomic mass is 35.5. The summed E-state index contributed by atoms with van der Waals surface area (Å²) >= 11 is 11.7. The number of imide groups is 1. The van der Waals surface area contributed by atoms with Gasteiger partial charge in [0.1, 0.15) is 0 Å². The van der Waals surface area contributed by atoms with Crippen LogP contribution in [0, 0.1) is 0 Å². The molecular formula is C24H24Cl2N2O6. The molecule has 3 rings (SSSR count). The van der Waals surface area contributed by atoms with Crippen LogP contribution in [0.4, 0.5) is 5.69 Å². The molecule has 10 heteroatoms. The average molecular weight is 507 g/mol. The highest BCUT2D eigenvalue weighted by molar-refractivity contribution is 6.42. The van der Waals surface area contributed by atoms with Crippen molar-refractivity contribution in [2.24, 2.45) is 0 Å². The lowest BCUT2D eigenvalue weighted by Crippen LogP contribution is -2.39. The fourth-order valence-corrected chi connectivity index (χ4v) is 3.67. The number of halogens is 2. The molecule has 0 spiro atoms. The topological polar surface area (TPSA) is 102 Å². The summed E-state index contributed by atoms with van der Waals surface area (Å²) < 4.78 is 10.3. The first-order valence-electron chi connectivity index (χ1n) is 10.7. The van der Waals surface area contributed by atoms with Gasteiger partial charge in [0.15, 0.2) is 12.4 Å². The van der Waals surface area contributed by atoms with Gasteiger partial charge in [-0.3, -0.25) is 14.4 Å². The summed E-state index contributed by atoms with van der Waals surface area (Å²) in [6.07, 6.45) is 0.796. The molecule has 0 bridgehead atoms. The average Bonchev–Trinajstić information content (AvgIpc) is 3.11. The van der Waals surface area contributed by atoms with Gasteiger partial charge in [-0.2, -0.15) is 0 Å². The Morgan fingerprint density at radius 1 is 1.06 bits per heavy atom. The van der Waals surface area contributed by atoms with E-state index in [4.69, 9.17) is 32.7 Å². The first kappa shape index (κ1) is 25.8. The molecule has 1 atom stereocenters. The normalized spacial score (nSPS) is 15.6. The lowest BCUT2D eigenvalue weighted by Gasteiger charge is -2.16. The molecule has 0 aromatic heterocycles. The predicted molar refractivity (Wildman–Crippen MR) is 128 cm³/mol. The summed E-state index contributed by atoms with van der Waals surface area (Å²) in [6, 6.07) is 9.64. The number of carbonyl (C=O) groups excluding carboxylic acids is 4. The van der Waals surface area contributed by atoms with Gasteiger partial charge in [-0.25, -0.2) is 9.69 Å². The first-order valence-corrected chi connectivity index (χ1v) is 11.5. The van der Waals surface area contributed by atoms with Gasteiger partial charge in [0.05, 0.1) is 33.8 Å². The van der Waals surface area contributed by atoms with Gasteiger partial charge in [0.25, 0.3) is 5.91 Å². The van der Waals surface area contributed by atoms with Crippen LogP contribution in [0.3, 0.4) is 0 Å².